The van der Waals surface area contributed by atoms with Crippen LogP contribution in [0, 0.1) is 0 Å². The van der Waals surface area contributed by atoms with E-state index in [1.165, 1.54) is 29.6 Å². The topological polar surface area (TPSA) is 9.23 Å². The summed E-state index contributed by atoms with van der Waals surface area (Å²) in [5.41, 5.74) is 0. The summed E-state index contributed by atoms with van der Waals surface area (Å²) in [5, 5.41) is 0. The van der Waals surface area contributed by atoms with Crippen LogP contribution in [0.25, 0.3) is 0 Å². The molecule has 0 heterocycles. The molecule has 0 aliphatic heterocycles. The molecule has 0 spiro atoms. The second-order valence-corrected chi connectivity index (χ2v) is 9.86. The number of rotatable bonds is 7. The second kappa shape index (κ2) is 9.27. The van der Waals surface area contributed by atoms with Gasteiger partial charge < -0.3 is 0 Å². The van der Waals surface area contributed by atoms with Crippen LogP contribution in [-0.2, 0) is 28.1 Å². The van der Waals surface area contributed by atoms with Gasteiger partial charge in [0.15, 0.2) is 0 Å². The molecule has 0 aromatic carbocycles. The standard InChI is InChI=1S/C8H17O.ClH.Hg/c1-4-5-6-7-8(2)9-3;;/h8H,2,4-7H2,1,3H3;1H;/q;;+1/p-1. The van der Waals surface area contributed by atoms with Gasteiger partial charge in [-0.05, 0) is 0 Å². The first-order valence-electron chi connectivity index (χ1n) is 4.43. The molecule has 11 heavy (non-hydrogen) atoms. The SMILES string of the molecule is CCCCCC([CH2][Hg][Cl])OC. The molecule has 64 valence electrons. The number of hydrogen-bond acceptors (Lipinski definition) is 1. The Hall–Kier alpha value is 1.19. The van der Waals surface area contributed by atoms with E-state index in [0.29, 0.717) is 6.10 Å². The molecule has 0 aliphatic rings. The van der Waals surface area contributed by atoms with Crippen molar-refractivity contribution in [3.8, 4) is 0 Å². The molecule has 0 fully saturated rings. The van der Waals surface area contributed by atoms with Crippen LogP contribution < -0.4 is 0 Å². The summed E-state index contributed by atoms with van der Waals surface area (Å²) in [6.45, 7) is 2.23. The maximum absolute atomic E-state index is 5.83. The zero-order valence-corrected chi connectivity index (χ0v) is 13.9. The molecule has 1 atom stereocenters. The van der Waals surface area contributed by atoms with E-state index < -0.39 is 23.3 Å². The van der Waals surface area contributed by atoms with Gasteiger partial charge in [-0.1, -0.05) is 0 Å². The van der Waals surface area contributed by atoms with Gasteiger partial charge in [0.2, 0.25) is 0 Å². The van der Waals surface area contributed by atoms with Crippen molar-refractivity contribution in [1.82, 2.24) is 0 Å². The Morgan fingerprint density at radius 3 is 2.64 bits per heavy atom. The Kier molecular flexibility index (Phi) is 10.3. The average molecular weight is 365 g/mol. The number of halogens is 1. The zero-order chi connectivity index (χ0) is 8.53. The molecule has 1 nitrogen and oxygen atoms in total. The van der Waals surface area contributed by atoms with Gasteiger partial charge in [-0.15, -0.1) is 0 Å². The fraction of sp³-hybridized carbons (Fsp3) is 1.00. The van der Waals surface area contributed by atoms with E-state index in [2.05, 4.69) is 6.92 Å². The van der Waals surface area contributed by atoms with E-state index in [-0.39, 0.29) is 0 Å². The molecule has 0 saturated heterocycles. The van der Waals surface area contributed by atoms with Gasteiger partial charge in [0.05, 0.1) is 0 Å². The first-order valence-corrected chi connectivity index (χ1v) is 15.1. The van der Waals surface area contributed by atoms with Gasteiger partial charge >= 0.3 is 86.1 Å². The van der Waals surface area contributed by atoms with E-state index in [4.69, 9.17) is 13.0 Å². The number of ether oxygens (including phenoxy) is 1. The van der Waals surface area contributed by atoms with Gasteiger partial charge in [0, 0.05) is 0 Å². The van der Waals surface area contributed by atoms with Crippen molar-refractivity contribution in [3.05, 3.63) is 0 Å². The van der Waals surface area contributed by atoms with Crippen molar-refractivity contribution in [2.24, 2.45) is 0 Å². The summed E-state index contributed by atoms with van der Waals surface area (Å²) in [5.74, 6) is 0. The molecule has 0 amide bonds. The van der Waals surface area contributed by atoms with Gasteiger partial charge in [-0.3, -0.25) is 0 Å². The van der Waals surface area contributed by atoms with Crippen LogP contribution in [0.2, 0.25) is 3.93 Å². The van der Waals surface area contributed by atoms with Crippen molar-refractivity contribution >= 4 is 8.25 Å². The Bertz CT molecular complexity index is 80.5. The number of methoxy groups -OCH3 is 1. The van der Waals surface area contributed by atoms with Gasteiger partial charge in [-0.2, -0.15) is 0 Å². The van der Waals surface area contributed by atoms with Crippen LogP contribution in [0.3, 0.4) is 0 Å². The van der Waals surface area contributed by atoms with Gasteiger partial charge in [0.1, 0.15) is 0 Å². The molecule has 3 heteroatoms. The summed E-state index contributed by atoms with van der Waals surface area (Å²) in [6.07, 6.45) is 5.64. The maximum atomic E-state index is 5.83. The Balaban J connectivity index is 3.20. The van der Waals surface area contributed by atoms with E-state index in [0.717, 1.165) is 0 Å². The van der Waals surface area contributed by atoms with Crippen molar-refractivity contribution in [3.63, 3.8) is 0 Å². The third-order valence-corrected chi connectivity index (χ3v) is 7.16. The molecular formula is C8H17ClHgO. The zero-order valence-electron chi connectivity index (χ0n) is 7.61. The number of hydrogen-bond donors (Lipinski definition) is 0. The predicted octanol–water partition coefficient (Wildman–Crippen LogP) is 3.24. The molecule has 1 unspecified atom stereocenters. The molecule has 0 aromatic heterocycles. The van der Waals surface area contributed by atoms with Crippen molar-refractivity contribution in [1.29, 1.82) is 0 Å². The minimum absolute atomic E-state index is 0.487. The molecule has 0 N–H and O–H groups in total. The third-order valence-electron chi connectivity index (χ3n) is 1.89. The Morgan fingerprint density at radius 2 is 2.18 bits per heavy atom. The second-order valence-electron chi connectivity index (χ2n) is 2.83. The number of unbranched alkanes of at least 4 members (excludes halogenated alkanes) is 2. The van der Waals surface area contributed by atoms with Gasteiger partial charge in [0.25, 0.3) is 0 Å². The molecule has 0 rings (SSSR count). The quantitative estimate of drug-likeness (QED) is 0.497. The van der Waals surface area contributed by atoms with Crippen LogP contribution in [0.5, 0.6) is 0 Å². The normalized spacial score (nSPS) is 12.6. The van der Waals surface area contributed by atoms with E-state index in [1.54, 1.807) is 7.11 Å². The molecule has 0 bridgehead atoms. The van der Waals surface area contributed by atoms with Gasteiger partial charge in [-0.25, -0.2) is 0 Å². The summed E-state index contributed by atoms with van der Waals surface area (Å²) >= 11 is -0.958. The first-order chi connectivity index (χ1) is 5.35. The average Bonchev–Trinajstić information content (AvgIpc) is 2.03. The van der Waals surface area contributed by atoms with Crippen LogP contribution in [0.4, 0.5) is 0 Å². The first kappa shape index (κ1) is 12.2. The van der Waals surface area contributed by atoms with Crippen molar-refractivity contribution in [2.75, 3.05) is 7.11 Å². The van der Waals surface area contributed by atoms with E-state index in [9.17, 15) is 0 Å². The Morgan fingerprint density at radius 1 is 1.45 bits per heavy atom. The molecule has 0 aliphatic carbocycles. The van der Waals surface area contributed by atoms with Crippen LogP contribution in [0.15, 0.2) is 0 Å². The Labute approximate surface area is 85.7 Å². The summed E-state index contributed by atoms with van der Waals surface area (Å²) < 4.78 is 6.52. The minimum atomic E-state index is -0.958. The predicted molar refractivity (Wildman–Crippen MR) is 45.6 cm³/mol. The summed E-state index contributed by atoms with van der Waals surface area (Å²) in [4.78, 5) is 0. The van der Waals surface area contributed by atoms with Crippen LogP contribution in [0.1, 0.15) is 32.6 Å². The summed E-state index contributed by atoms with van der Waals surface area (Å²) in [7, 11) is 7.63. The van der Waals surface area contributed by atoms with E-state index >= 15 is 0 Å². The molecule has 0 radical (unpaired) electrons. The fourth-order valence-corrected chi connectivity index (χ4v) is 6.24. The molecule has 0 aromatic rings. The fourth-order valence-electron chi connectivity index (χ4n) is 1.12. The third kappa shape index (κ3) is 7.54. The van der Waals surface area contributed by atoms with Crippen LogP contribution in [-0.4, -0.2) is 13.2 Å². The van der Waals surface area contributed by atoms with E-state index in [1.807, 2.05) is 0 Å². The molecular weight excluding hydrogens is 348 g/mol. The monoisotopic (exact) mass is 366 g/mol. The van der Waals surface area contributed by atoms with Crippen molar-refractivity contribution in [2.45, 2.75) is 42.6 Å². The van der Waals surface area contributed by atoms with Crippen molar-refractivity contribution < 1.29 is 28.1 Å². The van der Waals surface area contributed by atoms with Crippen LogP contribution >= 0.6 is 8.25 Å². The molecule has 0 saturated carbocycles. The summed E-state index contributed by atoms with van der Waals surface area (Å²) in [6, 6.07) is 0.